The minimum absolute atomic E-state index is 0.863. The van der Waals surface area contributed by atoms with Crippen LogP contribution in [0.3, 0.4) is 0 Å². The summed E-state index contributed by atoms with van der Waals surface area (Å²) in [7, 11) is 0. The van der Waals surface area contributed by atoms with Crippen molar-refractivity contribution in [3.05, 3.63) is 59.4 Å². The van der Waals surface area contributed by atoms with E-state index in [9.17, 15) is 0 Å². The number of nitrogens with one attached hydrogen (secondary N) is 1. The molecule has 114 valence electrons. The van der Waals surface area contributed by atoms with Crippen LogP contribution in [0.4, 0.5) is 11.5 Å². The molecular formula is C19H23N3. The van der Waals surface area contributed by atoms with Gasteiger partial charge in [-0.3, -0.25) is 0 Å². The van der Waals surface area contributed by atoms with Gasteiger partial charge in [0.25, 0.3) is 0 Å². The van der Waals surface area contributed by atoms with Crippen LogP contribution in [0.25, 0.3) is 10.9 Å². The molecule has 22 heavy (non-hydrogen) atoms. The number of para-hydroxylation sites is 1. The maximum Gasteiger partial charge on any atom is 0.141 e. The fourth-order valence-corrected chi connectivity index (χ4v) is 2.43. The highest BCUT2D eigenvalue weighted by atomic mass is 15.0. The first-order chi connectivity index (χ1) is 10.7. The fourth-order valence-electron chi connectivity index (χ4n) is 2.43. The number of aryl methyl sites for hydroxylation is 2. The molecule has 0 atom stereocenters. The maximum absolute atomic E-state index is 4.41. The van der Waals surface area contributed by atoms with Gasteiger partial charge in [0.1, 0.15) is 12.1 Å². The lowest BCUT2D eigenvalue weighted by Gasteiger charge is -2.13. The molecule has 3 aromatic rings. The molecule has 1 heterocycles. The zero-order chi connectivity index (χ0) is 16.1. The van der Waals surface area contributed by atoms with Crippen molar-refractivity contribution in [2.24, 2.45) is 0 Å². The Morgan fingerprint density at radius 1 is 0.864 bits per heavy atom. The van der Waals surface area contributed by atoms with Crippen molar-refractivity contribution in [2.75, 3.05) is 5.32 Å². The lowest BCUT2D eigenvalue weighted by atomic mass is 9.99. The summed E-state index contributed by atoms with van der Waals surface area (Å²) in [6.07, 6.45) is 1.61. The summed E-state index contributed by atoms with van der Waals surface area (Å²) in [5.41, 5.74) is 5.81. The van der Waals surface area contributed by atoms with E-state index in [1.807, 2.05) is 44.2 Å². The third-order valence-electron chi connectivity index (χ3n) is 3.80. The number of hydrogen-bond donors (Lipinski definition) is 1. The van der Waals surface area contributed by atoms with Gasteiger partial charge in [-0.1, -0.05) is 32.0 Å². The summed E-state index contributed by atoms with van der Waals surface area (Å²) in [5.74, 6) is 0.863. The molecular weight excluding hydrogens is 270 g/mol. The normalized spacial score (nSPS) is 10.0. The van der Waals surface area contributed by atoms with Gasteiger partial charge in [-0.05, 0) is 55.7 Å². The van der Waals surface area contributed by atoms with Gasteiger partial charge < -0.3 is 5.32 Å². The summed E-state index contributed by atoms with van der Waals surface area (Å²) >= 11 is 0. The van der Waals surface area contributed by atoms with Gasteiger partial charge in [-0.2, -0.15) is 0 Å². The molecule has 3 heteroatoms. The smallest absolute Gasteiger partial charge is 0.141 e. The SMILES string of the molecule is CC.Cc1cc2ncnc(Nc3ccccc3)c2c(C)c1C. The van der Waals surface area contributed by atoms with E-state index >= 15 is 0 Å². The number of aromatic nitrogens is 2. The van der Waals surface area contributed by atoms with Crippen LogP contribution < -0.4 is 5.32 Å². The molecule has 0 fully saturated rings. The average Bonchev–Trinajstić information content (AvgIpc) is 2.55. The highest BCUT2D eigenvalue weighted by Gasteiger charge is 2.10. The van der Waals surface area contributed by atoms with E-state index < -0.39 is 0 Å². The molecule has 0 bridgehead atoms. The summed E-state index contributed by atoms with van der Waals surface area (Å²) in [5, 5.41) is 4.48. The number of fused-ring (bicyclic) bond motifs is 1. The van der Waals surface area contributed by atoms with Crippen molar-refractivity contribution in [2.45, 2.75) is 34.6 Å². The first kappa shape index (κ1) is 16.0. The molecule has 1 aromatic heterocycles. The Labute approximate surface area is 132 Å². The molecule has 0 aliphatic heterocycles. The molecule has 3 rings (SSSR count). The van der Waals surface area contributed by atoms with Crippen molar-refractivity contribution < 1.29 is 0 Å². The molecule has 3 nitrogen and oxygen atoms in total. The fraction of sp³-hybridized carbons (Fsp3) is 0.263. The Hall–Kier alpha value is -2.42. The van der Waals surface area contributed by atoms with E-state index in [4.69, 9.17) is 0 Å². The minimum atomic E-state index is 0.863. The second kappa shape index (κ2) is 7.03. The van der Waals surface area contributed by atoms with Crippen molar-refractivity contribution in [1.82, 2.24) is 9.97 Å². The Kier molecular flexibility index (Phi) is 5.10. The van der Waals surface area contributed by atoms with Gasteiger partial charge in [0, 0.05) is 11.1 Å². The Bertz CT molecular complexity index is 764. The monoisotopic (exact) mass is 293 g/mol. The molecule has 2 aromatic carbocycles. The molecule has 0 unspecified atom stereocenters. The predicted molar refractivity (Wildman–Crippen MR) is 94.8 cm³/mol. The first-order valence-electron chi connectivity index (χ1n) is 7.70. The van der Waals surface area contributed by atoms with E-state index in [1.54, 1.807) is 6.33 Å². The van der Waals surface area contributed by atoms with Gasteiger partial charge in [0.05, 0.1) is 5.52 Å². The highest BCUT2D eigenvalue weighted by molar-refractivity contribution is 5.94. The van der Waals surface area contributed by atoms with E-state index in [0.29, 0.717) is 0 Å². The largest absolute Gasteiger partial charge is 0.340 e. The van der Waals surface area contributed by atoms with E-state index in [-0.39, 0.29) is 0 Å². The van der Waals surface area contributed by atoms with Crippen LogP contribution in [0.5, 0.6) is 0 Å². The van der Waals surface area contributed by atoms with Gasteiger partial charge in [-0.15, -0.1) is 0 Å². The predicted octanol–water partition coefficient (Wildman–Crippen LogP) is 5.32. The number of nitrogens with zero attached hydrogens (tertiary/aromatic N) is 2. The van der Waals surface area contributed by atoms with E-state index in [2.05, 4.69) is 42.1 Å². The van der Waals surface area contributed by atoms with Crippen LogP contribution in [-0.4, -0.2) is 9.97 Å². The standard InChI is InChI=1S/C17H17N3.C2H6/c1-11-9-15-16(13(3)12(11)2)17(19-10-18-15)20-14-7-5-4-6-8-14;1-2/h4-10H,1-3H3,(H,18,19,20);1-2H3. The first-order valence-corrected chi connectivity index (χ1v) is 7.70. The molecule has 0 saturated heterocycles. The third-order valence-corrected chi connectivity index (χ3v) is 3.80. The number of benzene rings is 2. The van der Waals surface area contributed by atoms with Crippen LogP contribution >= 0.6 is 0 Å². The Morgan fingerprint density at radius 3 is 2.23 bits per heavy atom. The Morgan fingerprint density at radius 2 is 1.55 bits per heavy atom. The molecule has 0 amide bonds. The quantitative estimate of drug-likeness (QED) is 0.694. The molecule has 0 aliphatic rings. The van der Waals surface area contributed by atoms with Crippen LogP contribution in [0, 0.1) is 20.8 Å². The number of anilines is 2. The van der Waals surface area contributed by atoms with Crippen molar-refractivity contribution in [3.63, 3.8) is 0 Å². The van der Waals surface area contributed by atoms with E-state index in [0.717, 1.165) is 22.4 Å². The van der Waals surface area contributed by atoms with Gasteiger partial charge in [0.2, 0.25) is 0 Å². The average molecular weight is 293 g/mol. The maximum atomic E-state index is 4.41. The minimum Gasteiger partial charge on any atom is -0.340 e. The molecule has 1 N–H and O–H groups in total. The van der Waals surface area contributed by atoms with Crippen molar-refractivity contribution in [1.29, 1.82) is 0 Å². The second-order valence-electron chi connectivity index (χ2n) is 5.05. The van der Waals surface area contributed by atoms with Crippen LogP contribution in [0.2, 0.25) is 0 Å². The van der Waals surface area contributed by atoms with Gasteiger partial charge >= 0.3 is 0 Å². The second-order valence-corrected chi connectivity index (χ2v) is 5.05. The third kappa shape index (κ3) is 3.08. The Balaban J connectivity index is 0.000000847. The lowest BCUT2D eigenvalue weighted by molar-refractivity contribution is 1.19. The van der Waals surface area contributed by atoms with Crippen LogP contribution in [0.1, 0.15) is 30.5 Å². The molecule has 0 spiro atoms. The lowest BCUT2D eigenvalue weighted by Crippen LogP contribution is -1.99. The molecule has 0 aliphatic carbocycles. The summed E-state index contributed by atoms with van der Waals surface area (Å²) in [6.45, 7) is 10.4. The van der Waals surface area contributed by atoms with Crippen molar-refractivity contribution in [3.8, 4) is 0 Å². The zero-order valence-electron chi connectivity index (χ0n) is 13.9. The van der Waals surface area contributed by atoms with E-state index in [1.165, 1.54) is 16.7 Å². The van der Waals surface area contributed by atoms with Gasteiger partial charge in [0.15, 0.2) is 0 Å². The summed E-state index contributed by atoms with van der Waals surface area (Å²) in [4.78, 5) is 8.81. The van der Waals surface area contributed by atoms with Crippen molar-refractivity contribution >= 4 is 22.4 Å². The topological polar surface area (TPSA) is 37.8 Å². The summed E-state index contributed by atoms with van der Waals surface area (Å²) < 4.78 is 0. The highest BCUT2D eigenvalue weighted by Crippen LogP contribution is 2.29. The van der Waals surface area contributed by atoms with Crippen LogP contribution in [-0.2, 0) is 0 Å². The summed E-state index contributed by atoms with van der Waals surface area (Å²) in [6, 6.07) is 12.2. The zero-order valence-corrected chi connectivity index (χ0v) is 13.9. The number of hydrogen-bond acceptors (Lipinski definition) is 3. The number of rotatable bonds is 2. The van der Waals surface area contributed by atoms with Crippen LogP contribution in [0.15, 0.2) is 42.7 Å². The molecule has 0 radical (unpaired) electrons. The van der Waals surface area contributed by atoms with Gasteiger partial charge in [-0.25, -0.2) is 9.97 Å². The molecule has 0 saturated carbocycles.